The molecule has 0 saturated heterocycles. The lowest BCUT2D eigenvalue weighted by atomic mass is 10.0. The lowest BCUT2D eigenvalue weighted by molar-refractivity contribution is -0.208. The summed E-state index contributed by atoms with van der Waals surface area (Å²) in [5.74, 6) is 0. The molecule has 3 nitrogen and oxygen atoms in total. The van der Waals surface area contributed by atoms with Crippen molar-refractivity contribution >= 4 is 0 Å². The van der Waals surface area contributed by atoms with E-state index in [2.05, 4.69) is 0 Å². The molecule has 0 radical (unpaired) electrons. The van der Waals surface area contributed by atoms with Gasteiger partial charge in [-0.25, -0.2) is 0 Å². The van der Waals surface area contributed by atoms with Crippen molar-refractivity contribution < 1.29 is 14.6 Å². The molecule has 0 aliphatic heterocycles. The Morgan fingerprint density at radius 2 is 1.80 bits per heavy atom. The van der Waals surface area contributed by atoms with E-state index in [0.717, 1.165) is 0 Å². The van der Waals surface area contributed by atoms with Crippen LogP contribution in [0.2, 0.25) is 0 Å². The van der Waals surface area contributed by atoms with Gasteiger partial charge in [0.2, 0.25) is 0 Å². The molecule has 0 aliphatic rings. The first-order valence-corrected chi connectivity index (χ1v) is 3.36. The molecule has 0 amide bonds. The van der Waals surface area contributed by atoms with E-state index in [1.54, 1.807) is 6.92 Å². The van der Waals surface area contributed by atoms with Crippen LogP contribution in [-0.4, -0.2) is 31.2 Å². The minimum absolute atomic E-state index is 0.530. The molecule has 0 heterocycles. The fraction of sp³-hybridized carbons (Fsp3) is 1.00. The second kappa shape index (κ2) is 3.91. The van der Waals surface area contributed by atoms with Gasteiger partial charge in [0, 0.05) is 14.2 Å². The molecular weight excluding hydrogens is 132 g/mol. The molecule has 62 valence electrons. The maximum atomic E-state index is 9.53. The summed E-state index contributed by atoms with van der Waals surface area (Å²) in [7, 11) is 3.02. The highest BCUT2D eigenvalue weighted by atomic mass is 16.7. The molecule has 0 rings (SSSR count). The smallest absolute Gasteiger partial charge is 0.185 e. The van der Waals surface area contributed by atoms with Crippen LogP contribution < -0.4 is 0 Å². The van der Waals surface area contributed by atoms with Crippen molar-refractivity contribution in [3.05, 3.63) is 0 Å². The van der Waals surface area contributed by atoms with Gasteiger partial charge in [-0.3, -0.25) is 0 Å². The van der Waals surface area contributed by atoms with Gasteiger partial charge < -0.3 is 14.6 Å². The van der Waals surface area contributed by atoms with Crippen LogP contribution >= 0.6 is 0 Å². The Balaban J connectivity index is 3.97. The Labute approximate surface area is 62.0 Å². The van der Waals surface area contributed by atoms with Crippen LogP contribution in [0.5, 0.6) is 0 Å². The first kappa shape index (κ1) is 9.88. The van der Waals surface area contributed by atoms with Crippen molar-refractivity contribution in [1.29, 1.82) is 0 Å². The fourth-order valence-corrected chi connectivity index (χ4v) is 0.771. The van der Waals surface area contributed by atoms with Gasteiger partial charge in [-0.1, -0.05) is 6.92 Å². The Morgan fingerprint density at radius 3 is 1.90 bits per heavy atom. The second-order valence-corrected chi connectivity index (χ2v) is 2.51. The quantitative estimate of drug-likeness (QED) is 0.598. The van der Waals surface area contributed by atoms with E-state index < -0.39 is 11.9 Å². The molecule has 1 N–H and O–H groups in total. The predicted octanol–water partition coefficient (Wildman–Crippen LogP) is 0.766. The minimum Gasteiger partial charge on any atom is -0.385 e. The normalized spacial score (nSPS) is 17.4. The lowest BCUT2D eigenvalue weighted by Crippen LogP contribution is -2.41. The van der Waals surface area contributed by atoms with Crippen LogP contribution in [0.4, 0.5) is 0 Å². The number of ether oxygens (including phenoxy) is 2. The minimum atomic E-state index is -0.885. The summed E-state index contributed by atoms with van der Waals surface area (Å²) in [5, 5.41) is 9.53. The monoisotopic (exact) mass is 148 g/mol. The Bertz CT molecular complexity index is 86.9. The summed E-state index contributed by atoms with van der Waals surface area (Å²) in [6, 6.07) is 0. The highest BCUT2D eigenvalue weighted by Gasteiger charge is 2.29. The van der Waals surface area contributed by atoms with E-state index in [1.807, 2.05) is 6.92 Å². The van der Waals surface area contributed by atoms with E-state index in [-0.39, 0.29) is 0 Å². The molecule has 0 aromatic rings. The zero-order valence-electron chi connectivity index (χ0n) is 7.05. The summed E-state index contributed by atoms with van der Waals surface area (Å²) in [5.41, 5.74) is -0.885. The van der Waals surface area contributed by atoms with E-state index in [1.165, 1.54) is 14.2 Å². The van der Waals surface area contributed by atoms with Crippen molar-refractivity contribution in [3.8, 4) is 0 Å². The van der Waals surface area contributed by atoms with Crippen molar-refractivity contribution in [1.82, 2.24) is 0 Å². The van der Waals surface area contributed by atoms with Crippen molar-refractivity contribution in [2.24, 2.45) is 0 Å². The highest BCUT2D eigenvalue weighted by Crippen LogP contribution is 2.16. The number of methoxy groups -OCH3 is 2. The Hall–Kier alpha value is -0.120. The van der Waals surface area contributed by atoms with Crippen molar-refractivity contribution in [2.75, 3.05) is 14.2 Å². The van der Waals surface area contributed by atoms with E-state index in [9.17, 15) is 5.11 Å². The zero-order chi connectivity index (χ0) is 8.20. The van der Waals surface area contributed by atoms with Gasteiger partial charge in [-0.15, -0.1) is 0 Å². The molecule has 0 aromatic carbocycles. The van der Waals surface area contributed by atoms with Crippen LogP contribution in [0.3, 0.4) is 0 Å². The molecule has 0 spiro atoms. The standard InChI is InChI=1S/C7H16O3/c1-5-7(2,8)6(9-3)10-4/h6,8H,5H2,1-4H3. The Morgan fingerprint density at radius 1 is 1.40 bits per heavy atom. The molecule has 10 heavy (non-hydrogen) atoms. The van der Waals surface area contributed by atoms with Crippen molar-refractivity contribution in [3.63, 3.8) is 0 Å². The van der Waals surface area contributed by atoms with Gasteiger partial charge in [0.25, 0.3) is 0 Å². The van der Waals surface area contributed by atoms with Gasteiger partial charge in [-0.05, 0) is 13.3 Å². The number of aliphatic hydroxyl groups is 1. The third-order valence-corrected chi connectivity index (χ3v) is 1.65. The van der Waals surface area contributed by atoms with Crippen LogP contribution in [0, 0.1) is 0 Å². The maximum absolute atomic E-state index is 9.53. The highest BCUT2D eigenvalue weighted by molar-refractivity contribution is 4.73. The second-order valence-electron chi connectivity index (χ2n) is 2.51. The number of hydrogen-bond acceptors (Lipinski definition) is 3. The molecular formula is C7H16O3. The molecule has 0 aliphatic carbocycles. The molecule has 0 saturated carbocycles. The summed E-state index contributed by atoms with van der Waals surface area (Å²) in [6.07, 6.45) is 0.0804. The molecule has 0 bridgehead atoms. The fourth-order valence-electron chi connectivity index (χ4n) is 0.771. The first-order chi connectivity index (χ1) is 4.58. The summed E-state index contributed by atoms with van der Waals surface area (Å²) in [6.45, 7) is 3.57. The van der Waals surface area contributed by atoms with Gasteiger partial charge in [0.15, 0.2) is 6.29 Å². The maximum Gasteiger partial charge on any atom is 0.185 e. The van der Waals surface area contributed by atoms with Crippen LogP contribution in [0.15, 0.2) is 0 Å². The Kier molecular flexibility index (Phi) is 3.86. The van der Waals surface area contributed by atoms with Crippen molar-refractivity contribution in [2.45, 2.75) is 32.2 Å². The molecule has 1 unspecified atom stereocenters. The van der Waals surface area contributed by atoms with Crippen LogP contribution in [-0.2, 0) is 9.47 Å². The van der Waals surface area contributed by atoms with E-state index in [4.69, 9.17) is 9.47 Å². The van der Waals surface area contributed by atoms with Gasteiger partial charge >= 0.3 is 0 Å². The summed E-state index contributed by atoms with van der Waals surface area (Å²) < 4.78 is 9.77. The average Bonchev–Trinajstić information content (AvgIpc) is 1.90. The summed E-state index contributed by atoms with van der Waals surface area (Å²) >= 11 is 0. The van der Waals surface area contributed by atoms with Crippen LogP contribution in [0.1, 0.15) is 20.3 Å². The summed E-state index contributed by atoms with van der Waals surface area (Å²) in [4.78, 5) is 0. The van der Waals surface area contributed by atoms with Gasteiger partial charge in [-0.2, -0.15) is 0 Å². The zero-order valence-corrected chi connectivity index (χ0v) is 7.05. The third kappa shape index (κ3) is 2.25. The SMILES string of the molecule is CCC(C)(O)C(OC)OC. The van der Waals surface area contributed by atoms with E-state index in [0.29, 0.717) is 6.42 Å². The lowest BCUT2D eigenvalue weighted by Gasteiger charge is -2.28. The molecule has 0 aromatic heterocycles. The van der Waals surface area contributed by atoms with Gasteiger partial charge in [0.05, 0.1) is 0 Å². The third-order valence-electron chi connectivity index (χ3n) is 1.65. The first-order valence-electron chi connectivity index (χ1n) is 3.36. The topological polar surface area (TPSA) is 38.7 Å². The van der Waals surface area contributed by atoms with Crippen LogP contribution in [0.25, 0.3) is 0 Å². The predicted molar refractivity (Wildman–Crippen MR) is 38.7 cm³/mol. The molecule has 0 fully saturated rings. The molecule has 1 atom stereocenters. The largest absolute Gasteiger partial charge is 0.385 e. The van der Waals surface area contributed by atoms with Gasteiger partial charge in [0.1, 0.15) is 5.60 Å². The van der Waals surface area contributed by atoms with E-state index >= 15 is 0 Å². The molecule has 3 heteroatoms. The number of rotatable bonds is 4. The average molecular weight is 148 g/mol. The number of hydrogen-bond donors (Lipinski definition) is 1.